The number of benzene rings is 1. The maximum absolute atomic E-state index is 11.1. The monoisotopic (exact) mass is 222 g/mol. The van der Waals surface area contributed by atoms with E-state index in [1.807, 2.05) is 0 Å². The van der Waals surface area contributed by atoms with Gasteiger partial charge in [-0.15, -0.1) is 0 Å². The molecule has 0 saturated carbocycles. The zero-order valence-electron chi connectivity index (χ0n) is 9.27. The van der Waals surface area contributed by atoms with Gasteiger partial charge in [0.2, 0.25) is 0 Å². The number of methoxy groups -OCH3 is 2. The Balaban J connectivity index is 2.83. The van der Waals surface area contributed by atoms with E-state index in [0.29, 0.717) is 11.3 Å². The van der Waals surface area contributed by atoms with E-state index >= 15 is 0 Å². The number of aliphatic hydroxyl groups is 1. The highest BCUT2D eigenvalue weighted by Crippen LogP contribution is 2.23. The summed E-state index contributed by atoms with van der Waals surface area (Å²) in [4.78, 5) is 11.1. The fourth-order valence-corrected chi connectivity index (χ4v) is 1.23. The number of hydrogen-bond donors (Lipinski definition) is 1. The molecular formula is C12H14O4. The molecule has 0 aromatic heterocycles. The van der Waals surface area contributed by atoms with Gasteiger partial charge in [0.1, 0.15) is 11.9 Å². The molecule has 1 atom stereocenters. The third-order valence-electron chi connectivity index (χ3n) is 2.21. The van der Waals surface area contributed by atoms with Crippen LogP contribution in [0.2, 0.25) is 0 Å². The Hall–Kier alpha value is -1.81. The first-order valence-electron chi connectivity index (χ1n) is 4.69. The van der Waals surface area contributed by atoms with E-state index in [0.717, 1.165) is 0 Å². The van der Waals surface area contributed by atoms with Gasteiger partial charge in [0.05, 0.1) is 19.8 Å². The van der Waals surface area contributed by atoms with Crippen molar-refractivity contribution >= 4 is 5.97 Å². The highest BCUT2D eigenvalue weighted by molar-refractivity contribution is 5.88. The average molecular weight is 222 g/mol. The van der Waals surface area contributed by atoms with Crippen LogP contribution in [0.15, 0.2) is 36.4 Å². The van der Waals surface area contributed by atoms with Crippen LogP contribution in [0.25, 0.3) is 0 Å². The van der Waals surface area contributed by atoms with E-state index in [9.17, 15) is 9.90 Å². The number of rotatable bonds is 4. The lowest BCUT2D eigenvalue weighted by atomic mass is 10.0. The lowest BCUT2D eigenvalue weighted by molar-refractivity contribution is -0.137. The molecule has 0 bridgehead atoms. The molecule has 0 radical (unpaired) electrons. The first-order chi connectivity index (χ1) is 7.60. The molecule has 86 valence electrons. The summed E-state index contributed by atoms with van der Waals surface area (Å²) in [5.41, 5.74) is 0.573. The minimum absolute atomic E-state index is 0.00710. The third kappa shape index (κ3) is 2.61. The van der Waals surface area contributed by atoms with Crippen molar-refractivity contribution < 1.29 is 19.4 Å². The van der Waals surface area contributed by atoms with Gasteiger partial charge < -0.3 is 14.6 Å². The molecule has 0 amide bonds. The molecule has 0 aliphatic rings. The number of esters is 1. The topological polar surface area (TPSA) is 55.8 Å². The summed E-state index contributed by atoms with van der Waals surface area (Å²) in [6, 6.07) is 6.72. The van der Waals surface area contributed by atoms with Crippen molar-refractivity contribution in [1.82, 2.24) is 0 Å². The Labute approximate surface area is 94.1 Å². The van der Waals surface area contributed by atoms with Crippen molar-refractivity contribution in [1.29, 1.82) is 0 Å². The molecule has 4 nitrogen and oxygen atoms in total. The normalized spacial score (nSPS) is 11.7. The standard InChI is InChI=1S/C12H14O4/c1-8(12(14)16-3)11(13)9-4-6-10(15-2)7-5-9/h4-7,11,13H,1H2,2-3H3. The Morgan fingerprint density at radius 3 is 2.31 bits per heavy atom. The largest absolute Gasteiger partial charge is 0.497 e. The SMILES string of the molecule is C=C(C(=O)OC)C(O)c1ccc(OC)cc1. The molecule has 0 aliphatic heterocycles. The van der Waals surface area contributed by atoms with E-state index < -0.39 is 12.1 Å². The van der Waals surface area contributed by atoms with Gasteiger partial charge in [-0.05, 0) is 17.7 Å². The molecule has 1 N–H and O–H groups in total. The van der Waals surface area contributed by atoms with Crippen molar-refractivity contribution in [3.63, 3.8) is 0 Å². The van der Waals surface area contributed by atoms with Crippen LogP contribution in [-0.2, 0) is 9.53 Å². The second-order valence-corrected chi connectivity index (χ2v) is 3.19. The Bertz CT molecular complexity index is 381. The van der Waals surface area contributed by atoms with Crippen LogP contribution in [0.4, 0.5) is 0 Å². The Morgan fingerprint density at radius 2 is 1.88 bits per heavy atom. The Kier molecular flexibility index (Phi) is 4.08. The van der Waals surface area contributed by atoms with Crippen LogP contribution in [0, 0.1) is 0 Å². The lowest BCUT2D eigenvalue weighted by Crippen LogP contribution is -2.11. The number of hydrogen-bond acceptors (Lipinski definition) is 4. The number of carbonyl (C=O) groups excluding carboxylic acids is 1. The van der Waals surface area contributed by atoms with Gasteiger partial charge in [0.15, 0.2) is 0 Å². The summed E-state index contributed by atoms with van der Waals surface area (Å²) in [7, 11) is 2.80. The molecule has 0 heterocycles. The van der Waals surface area contributed by atoms with E-state index in [-0.39, 0.29) is 5.57 Å². The molecule has 1 unspecified atom stereocenters. The molecule has 1 rings (SSSR count). The molecule has 16 heavy (non-hydrogen) atoms. The van der Waals surface area contributed by atoms with Crippen LogP contribution in [0.1, 0.15) is 11.7 Å². The fourth-order valence-electron chi connectivity index (χ4n) is 1.23. The van der Waals surface area contributed by atoms with Gasteiger partial charge in [0, 0.05) is 0 Å². The maximum Gasteiger partial charge on any atom is 0.336 e. The van der Waals surface area contributed by atoms with Gasteiger partial charge in [-0.2, -0.15) is 0 Å². The van der Waals surface area contributed by atoms with Gasteiger partial charge in [-0.3, -0.25) is 0 Å². The number of ether oxygens (including phenoxy) is 2. The first-order valence-corrected chi connectivity index (χ1v) is 4.69. The van der Waals surface area contributed by atoms with Crippen LogP contribution in [0.3, 0.4) is 0 Å². The number of aliphatic hydroxyl groups excluding tert-OH is 1. The van der Waals surface area contributed by atoms with Gasteiger partial charge in [-0.25, -0.2) is 4.79 Å². The van der Waals surface area contributed by atoms with E-state index in [2.05, 4.69) is 11.3 Å². The van der Waals surface area contributed by atoms with Crippen molar-refractivity contribution in [3.05, 3.63) is 42.0 Å². The zero-order chi connectivity index (χ0) is 12.1. The minimum atomic E-state index is -1.06. The molecule has 0 aliphatic carbocycles. The molecule has 0 spiro atoms. The molecule has 0 fully saturated rings. The zero-order valence-corrected chi connectivity index (χ0v) is 9.27. The van der Waals surface area contributed by atoms with Gasteiger partial charge in [-0.1, -0.05) is 18.7 Å². The fraction of sp³-hybridized carbons (Fsp3) is 0.250. The van der Waals surface area contributed by atoms with Crippen molar-refractivity contribution in [2.45, 2.75) is 6.10 Å². The van der Waals surface area contributed by atoms with E-state index in [4.69, 9.17) is 4.74 Å². The highest BCUT2D eigenvalue weighted by atomic mass is 16.5. The summed E-state index contributed by atoms with van der Waals surface area (Å²) in [5, 5.41) is 9.81. The van der Waals surface area contributed by atoms with Crippen LogP contribution < -0.4 is 4.74 Å². The van der Waals surface area contributed by atoms with Gasteiger partial charge in [0.25, 0.3) is 0 Å². The lowest BCUT2D eigenvalue weighted by Gasteiger charge is -2.12. The van der Waals surface area contributed by atoms with Crippen molar-refractivity contribution in [2.75, 3.05) is 14.2 Å². The molecule has 4 heteroatoms. The summed E-state index contributed by atoms with van der Waals surface area (Å²) in [5.74, 6) is 0.0583. The van der Waals surface area contributed by atoms with Gasteiger partial charge >= 0.3 is 5.97 Å². The average Bonchev–Trinajstić information content (AvgIpc) is 2.36. The molecule has 0 saturated heterocycles. The maximum atomic E-state index is 11.1. The van der Waals surface area contributed by atoms with E-state index in [1.54, 1.807) is 31.4 Å². The van der Waals surface area contributed by atoms with Crippen molar-refractivity contribution in [2.24, 2.45) is 0 Å². The number of carbonyl (C=O) groups is 1. The summed E-state index contributed by atoms with van der Waals surface area (Å²) in [6.07, 6.45) is -1.06. The minimum Gasteiger partial charge on any atom is -0.497 e. The molecule has 1 aromatic rings. The predicted molar refractivity (Wildman–Crippen MR) is 59.1 cm³/mol. The molecule has 1 aromatic carbocycles. The Morgan fingerprint density at radius 1 is 1.31 bits per heavy atom. The summed E-state index contributed by atoms with van der Waals surface area (Å²) < 4.78 is 9.46. The summed E-state index contributed by atoms with van der Waals surface area (Å²) in [6.45, 7) is 3.49. The van der Waals surface area contributed by atoms with Crippen molar-refractivity contribution in [3.8, 4) is 5.75 Å². The molecular weight excluding hydrogens is 208 g/mol. The van der Waals surface area contributed by atoms with E-state index in [1.165, 1.54) is 7.11 Å². The summed E-state index contributed by atoms with van der Waals surface area (Å²) >= 11 is 0. The highest BCUT2D eigenvalue weighted by Gasteiger charge is 2.18. The van der Waals surface area contributed by atoms with Crippen LogP contribution >= 0.6 is 0 Å². The smallest absolute Gasteiger partial charge is 0.336 e. The third-order valence-corrected chi connectivity index (χ3v) is 2.21. The quantitative estimate of drug-likeness (QED) is 0.619. The second-order valence-electron chi connectivity index (χ2n) is 3.19. The van der Waals surface area contributed by atoms with Crippen LogP contribution in [0.5, 0.6) is 5.75 Å². The predicted octanol–water partition coefficient (Wildman–Crippen LogP) is 1.46. The van der Waals surface area contributed by atoms with Crippen LogP contribution in [-0.4, -0.2) is 25.3 Å². The first kappa shape index (κ1) is 12.3. The second kappa shape index (κ2) is 5.32.